The molecule has 5 nitrogen and oxygen atoms in total. The van der Waals surface area contributed by atoms with Crippen molar-refractivity contribution in [2.75, 3.05) is 0 Å². The van der Waals surface area contributed by atoms with Crippen LogP contribution in [0.3, 0.4) is 0 Å². The van der Waals surface area contributed by atoms with Crippen LogP contribution in [-0.2, 0) is 13.2 Å². The van der Waals surface area contributed by atoms with Gasteiger partial charge in [-0.25, -0.2) is 9.78 Å². The van der Waals surface area contributed by atoms with Crippen LogP contribution in [0.1, 0.15) is 41.0 Å². The van der Waals surface area contributed by atoms with Gasteiger partial charge in [-0.15, -0.1) is 11.3 Å². The average Bonchev–Trinajstić information content (AvgIpc) is 3.32. The number of aromatic nitrogens is 1. The first-order valence-corrected chi connectivity index (χ1v) is 11.7. The lowest BCUT2D eigenvalue weighted by Crippen LogP contribution is -2.07. The number of hydrogen-bond donors (Lipinski definition) is 1. The molecule has 3 aromatic carbocycles. The highest BCUT2D eigenvalue weighted by atomic mass is 32.1. The lowest BCUT2D eigenvalue weighted by Gasteiger charge is -2.12. The molecule has 0 atom stereocenters. The van der Waals surface area contributed by atoms with E-state index in [1.165, 1.54) is 0 Å². The van der Waals surface area contributed by atoms with E-state index in [2.05, 4.69) is 4.98 Å². The summed E-state index contributed by atoms with van der Waals surface area (Å²) in [6, 6.07) is 22.7. The minimum Gasteiger partial charge on any atom is -0.489 e. The van der Waals surface area contributed by atoms with Gasteiger partial charge >= 0.3 is 5.97 Å². The molecule has 6 heteroatoms. The first-order valence-electron chi connectivity index (χ1n) is 10.8. The van der Waals surface area contributed by atoms with Gasteiger partial charge in [0.15, 0.2) is 0 Å². The summed E-state index contributed by atoms with van der Waals surface area (Å²) in [5.74, 6) is 0.319. The number of rotatable bonds is 8. The molecule has 1 N–H and O–H groups in total. The van der Waals surface area contributed by atoms with Gasteiger partial charge in [-0.1, -0.05) is 68.4 Å². The number of carboxylic acid groups (broad SMARTS) is 1. The van der Waals surface area contributed by atoms with Crippen LogP contribution in [0.4, 0.5) is 0 Å². The zero-order valence-electron chi connectivity index (χ0n) is 18.9. The van der Waals surface area contributed by atoms with Crippen LogP contribution in [0, 0.1) is 6.92 Å². The summed E-state index contributed by atoms with van der Waals surface area (Å²) in [6.07, 6.45) is 0. The van der Waals surface area contributed by atoms with Gasteiger partial charge in [0.2, 0.25) is 0 Å². The Morgan fingerprint density at radius 2 is 1.58 bits per heavy atom. The Morgan fingerprint density at radius 3 is 2.27 bits per heavy atom. The van der Waals surface area contributed by atoms with E-state index in [4.69, 9.17) is 9.47 Å². The fraction of sp³-hybridized carbons (Fsp3) is 0.185. The fourth-order valence-electron chi connectivity index (χ4n) is 3.21. The predicted molar refractivity (Wildman–Crippen MR) is 132 cm³/mol. The molecule has 0 spiro atoms. The zero-order chi connectivity index (χ0) is 23.6. The van der Waals surface area contributed by atoms with Gasteiger partial charge in [0.25, 0.3) is 0 Å². The van der Waals surface area contributed by atoms with Gasteiger partial charge in [-0.3, -0.25) is 0 Å². The smallest absolute Gasteiger partial charge is 0.336 e. The largest absolute Gasteiger partial charge is 0.489 e. The van der Waals surface area contributed by atoms with Crippen LogP contribution < -0.4 is 9.47 Å². The molecular formula is C27H27NO4S. The highest BCUT2D eigenvalue weighted by Gasteiger charge is 2.13. The molecule has 0 aliphatic rings. The SMILES string of the molecule is CC.Cc1cccc(COc2cccc(OCc3csc(-c4ccccc4)n3)c2)c1C(=O)O. The molecule has 0 bridgehead atoms. The van der Waals surface area contributed by atoms with Crippen molar-refractivity contribution in [2.24, 2.45) is 0 Å². The van der Waals surface area contributed by atoms with E-state index >= 15 is 0 Å². The lowest BCUT2D eigenvalue weighted by molar-refractivity contribution is 0.0693. The van der Waals surface area contributed by atoms with E-state index in [1.54, 1.807) is 36.5 Å². The highest BCUT2D eigenvalue weighted by Crippen LogP contribution is 2.26. The molecule has 4 aromatic rings. The van der Waals surface area contributed by atoms with Crippen LogP contribution in [0.5, 0.6) is 11.5 Å². The third kappa shape index (κ3) is 6.43. The van der Waals surface area contributed by atoms with Crippen molar-refractivity contribution in [3.05, 3.63) is 101 Å². The number of hydrogen-bond acceptors (Lipinski definition) is 5. The molecule has 0 saturated heterocycles. The minimum absolute atomic E-state index is 0.166. The Labute approximate surface area is 198 Å². The number of nitrogens with zero attached hydrogens (tertiary/aromatic N) is 1. The molecule has 0 saturated carbocycles. The Hall–Kier alpha value is -3.64. The number of ether oxygens (including phenoxy) is 2. The topological polar surface area (TPSA) is 68.7 Å². The summed E-state index contributed by atoms with van der Waals surface area (Å²) in [5.41, 5.74) is 3.58. The van der Waals surface area contributed by atoms with Gasteiger partial charge in [0.1, 0.15) is 29.7 Å². The molecule has 0 radical (unpaired) electrons. The van der Waals surface area contributed by atoms with Gasteiger partial charge < -0.3 is 14.6 Å². The van der Waals surface area contributed by atoms with Crippen molar-refractivity contribution in [3.63, 3.8) is 0 Å². The second-order valence-electron chi connectivity index (χ2n) is 6.98. The summed E-state index contributed by atoms with van der Waals surface area (Å²) in [5, 5.41) is 12.4. The highest BCUT2D eigenvalue weighted by molar-refractivity contribution is 7.13. The van der Waals surface area contributed by atoms with Crippen molar-refractivity contribution in [2.45, 2.75) is 34.0 Å². The minimum atomic E-state index is -0.952. The molecule has 1 heterocycles. The number of aromatic carboxylic acids is 1. The van der Waals surface area contributed by atoms with E-state index in [0.29, 0.717) is 29.2 Å². The maximum Gasteiger partial charge on any atom is 0.336 e. The second-order valence-corrected chi connectivity index (χ2v) is 7.83. The molecule has 4 rings (SSSR count). The molecule has 33 heavy (non-hydrogen) atoms. The Kier molecular flexibility index (Phi) is 8.61. The van der Waals surface area contributed by atoms with Crippen LogP contribution >= 0.6 is 11.3 Å². The maximum atomic E-state index is 11.5. The van der Waals surface area contributed by atoms with Gasteiger partial charge in [0.05, 0.1) is 11.3 Å². The van der Waals surface area contributed by atoms with Crippen molar-refractivity contribution >= 4 is 17.3 Å². The Morgan fingerprint density at radius 1 is 0.909 bits per heavy atom. The van der Waals surface area contributed by atoms with Crippen molar-refractivity contribution in [3.8, 4) is 22.1 Å². The summed E-state index contributed by atoms with van der Waals surface area (Å²) >= 11 is 1.59. The van der Waals surface area contributed by atoms with Gasteiger partial charge in [-0.05, 0) is 24.6 Å². The molecule has 0 aliphatic carbocycles. The third-order valence-corrected chi connectivity index (χ3v) is 5.67. The van der Waals surface area contributed by atoms with E-state index < -0.39 is 5.97 Å². The maximum absolute atomic E-state index is 11.5. The number of benzene rings is 3. The van der Waals surface area contributed by atoms with E-state index in [1.807, 2.05) is 73.8 Å². The number of carbonyl (C=O) groups is 1. The normalized spacial score (nSPS) is 10.2. The van der Waals surface area contributed by atoms with Crippen LogP contribution in [0.15, 0.2) is 78.2 Å². The van der Waals surface area contributed by atoms with Crippen LogP contribution in [0.25, 0.3) is 10.6 Å². The quantitative estimate of drug-likeness (QED) is 0.306. The predicted octanol–water partition coefficient (Wildman–Crippen LogP) is 7.00. The number of aryl methyl sites for hydroxylation is 1. The van der Waals surface area contributed by atoms with Gasteiger partial charge in [0, 0.05) is 22.6 Å². The summed E-state index contributed by atoms with van der Waals surface area (Å²) in [7, 11) is 0. The molecule has 0 aliphatic heterocycles. The summed E-state index contributed by atoms with van der Waals surface area (Å²) in [6.45, 7) is 6.30. The van der Waals surface area contributed by atoms with E-state index in [0.717, 1.165) is 16.3 Å². The molecule has 0 fully saturated rings. The monoisotopic (exact) mass is 461 g/mol. The first-order chi connectivity index (χ1) is 16.1. The second kappa shape index (κ2) is 11.8. The summed E-state index contributed by atoms with van der Waals surface area (Å²) < 4.78 is 11.7. The van der Waals surface area contributed by atoms with Crippen molar-refractivity contribution in [1.29, 1.82) is 0 Å². The number of thiazole rings is 1. The third-order valence-electron chi connectivity index (χ3n) is 4.73. The number of carboxylic acids is 1. The van der Waals surface area contributed by atoms with Crippen LogP contribution in [-0.4, -0.2) is 16.1 Å². The molecule has 0 unspecified atom stereocenters. The van der Waals surface area contributed by atoms with Crippen molar-refractivity contribution < 1.29 is 19.4 Å². The van der Waals surface area contributed by atoms with E-state index in [-0.39, 0.29) is 12.2 Å². The fourth-order valence-corrected chi connectivity index (χ4v) is 4.02. The standard InChI is InChI=1S/C25H21NO4S.C2H6/c1-17-7-5-10-19(23(17)25(27)28)14-29-21-11-6-12-22(13-21)30-15-20-16-31-24(26-20)18-8-3-2-4-9-18;1-2/h2-13,16H,14-15H2,1H3,(H,27,28);1-2H3. The van der Waals surface area contributed by atoms with Gasteiger partial charge in [-0.2, -0.15) is 0 Å². The average molecular weight is 462 g/mol. The Bertz CT molecular complexity index is 1190. The molecule has 1 aromatic heterocycles. The van der Waals surface area contributed by atoms with Crippen LogP contribution in [0.2, 0.25) is 0 Å². The lowest BCUT2D eigenvalue weighted by atomic mass is 10.0. The zero-order valence-corrected chi connectivity index (χ0v) is 19.8. The first kappa shape index (κ1) is 24.0. The Balaban J connectivity index is 0.00000149. The molecular weight excluding hydrogens is 434 g/mol. The van der Waals surface area contributed by atoms with E-state index in [9.17, 15) is 9.90 Å². The summed E-state index contributed by atoms with van der Waals surface area (Å²) in [4.78, 5) is 16.2. The molecule has 170 valence electrons. The molecule has 0 amide bonds. The van der Waals surface area contributed by atoms with Crippen molar-refractivity contribution in [1.82, 2.24) is 4.98 Å².